The first-order chi connectivity index (χ1) is 12.5. The van der Waals surface area contributed by atoms with Crippen LogP contribution < -0.4 is 15.4 Å². The van der Waals surface area contributed by atoms with Crippen molar-refractivity contribution in [2.24, 2.45) is 0 Å². The second-order valence-corrected chi connectivity index (χ2v) is 6.95. The highest BCUT2D eigenvalue weighted by Gasteiger charge is 2.12. The molecule has 9 heteroatoms. The van der Waals surface area contributed by atoms with Crippen LogP contribution in [0, 0.1) is 0 Å². The quantitative estimate of drug-likeness (QED) is 0.645. The first-order valence-corrected chi connectivity index (χ1v) is 9.27. The largest absolute Gasteiger partial charge is 0.483 e. The van der Waals surface area contributed by atoms with Crippen molar-refractivity contribution >= 4 is 45.2 Å². The number of urea groups is 1. The monoisotopic (exact) mass is 440 g/mol. The van der Waals surface area contributed by atoms with Crippen LogP contribution in [0.2, 0.25) is 0 Å². The minimum absolute atomic E-state index is 0.339. The molecule has 26 heavy (non-hydrogen) atoms. The van der Waals surface area contributed by atoms with E-state index in [1.165, 1.54) is 25.3 Å². The summed E-state index contributed by atoms with van der Waals surface area (Å²) in [6.07, 6.45) is 0.704. The first-order valence-electron chi connectivity index (χ1n) is 7.60. The normalized spacial score (nSPS) is 10.1. The summed E-state index contributed by atoms with van der Waals surface area (Å²) in [5, 5.41) is 6.76. The van der Waals surface area contributed by atoms with Crippen LogP contribution in [0.3, 0.4) is 0 Å². The summed E-state index contributed by atoms with van der Waals surface area (Å²) in [6.45, 7) is 0.0928. The number of hydrogen-bond acceptors (Lipinski definition) is 6. The van der Waals surface area contributed by atoms with Gasteiger partial charge < -0.3 is 14.8 Å². The predicted octanol–water partition coefficient (Wildman–Crippen LogP) is 2.74. The van der Waals surface area contributed by atoms with E-state index in [0.29, 0.717) is 28.8 Å². The summed E-state index contributed by atoms with van der Waals surface area (Å²) in [4.78, 5) is 36.0. The average molecular weight is 441 g/mol. The van der Waals surface area contributed by atoms with Gasteiger partial charge in [0, 0.05) is 11.4 Å². The zero-order chi connectivity index (χ0) is 18.9. The third-order valence-electron chi connectivity index (χ3n) is 3.20. The number of halogens is 1. The molecule has 0 aliphatic rings. The number of ether oxygens (including phenoxy) is 2. The van der Waals surface area contributed by atoms with Crippen LogP contribution in [0.1, 0.15) is 15.2 Å². The van der Waals surface area contributed by atoms with Crippen molar-refractivity contribution in [1.82, 2.24) is 10.6 Å². The fourth-order valence-corrected chi connectivity index (χ4v) is 3.17. The highest BCUT2D eigenvalue weighted by atomic mass is 79.9. The maximum atomic E-state index is 11.8. The molecule has 2 rings (SSSR count). The molecule has 0 radical (unpaired) electrons. The van der Waals surface area contributed by atoms with Crippen molar-refractivity contribution in [2.75, 3.05) is 20.3 Å². The molecule has 1 aromatic carbocycles. The van der Waals surface area contributed by atoms with Crippen molar-refractivity contribution in [1.29, 1.82) is 0 Å². The molecule has 0 saturated carbocycles. The van der Waals surface area contributed by atoms with E-state index < -0.39 is 17.9 Å². The van der Waals surface area contributed by atoms with E-state index in [0.717, 1.165) is 4.88 Å². The third kappa shape index (κ3) is 6.16. The minimum Gasteiger partial charge on any atom is -0.483 e. The molecular formula is C17H17BrN2O5S. The maximum absolute atomic E-state index is 11.8. The third-order valence-corrected chi connectivity index (χ3v) is 4.76. The van der Waals surface area contributed by atoms with Gasteiger partial charge in [0.25, 0.3) is 5.91 Å². The van der Waals surface area contributed by atoms with Crippen LogP contribution >= 0.6 is 27.3 Å². The molecular weight excluding hydrogens is 424 g/mol. The molecule has 0 spiro atoms. The Morgan fingerprint density at radius 1 is 1.23 bits per heavy atom. The van der Waals surface area contributed by atoms with Crippen LogP contribution in [0.15, 0.2) is 40.2 Å². The first kappa shape index (κ1) is 19.9. The Morgan fingerprint density at radius 3 is 2.69 bits per heavy atom. The molecule has 138 valence electrons. The number of carbonyl (C=O) groups is 3. The van der Waals surface area contributed by atoms with Gasteiger partial charge in [0.15, 0.2) is 6.61 Å². The number of methoxy groups -OCH3 is 1. The Bertz CT molecular complexity index is 779. The standard InChI is InChI=1S/C17H17BrN2O5S/c1-24-16(22)11-4-5-14(13(18)9-11)25-10-15(21)20-17(23)19-7-6-12-3-2-8-26-12/h2-5,8-9H,6-7,10H2,1H3,(H2,19,20,21,23). The van der Waals surface area contributed by atoms with Crippen LogP contribution in [-0.2, 0) is 16.0 Å². The zero-order valence-electron chi connectivity index (χ0n) is 13.9. The van der Waals surface area contributed by atoms with Gasteiger partial charge in [0.1, 0.15) is 5.75 Å². The summed E-state index contributed by atoms with van der Waals surface area (Å²) in [5.41, 5.74) is 0.348. The Morgan fingerprint density at radius 2 is 2.04 bits per heavy atom. The van der Waals surface area contributed by atoms with Gasteiger partial charge in [-0.05, 0) is 52.0 Å². The molecule has 1 heterocycles. The van der Waals surface area contributed by atoms with Gasteiger partial charge in [-0.2, -0.15) is 0 Å². The lowest BCUT2D eigenvalue weighted by Crippen LogP contribution is -2.42. The number of amides is 3. The van der Waals surface area contributed by atoms with E-state index in [2.05, 4.69) is 31.3 Å². The molecule has 2 N–H and O–H groups in total. The molecule has 0 saturated heterocycles. The molecule has 0 bridgehead atoms. The Balaban J connectivity index is 1.74. The lowest BCUT2D eigenvalue weighted by Gasteiger charge is -2.10. The highest BCUT2D eigenvalue weighted by molar-refractivity contribution is 9.10. The van der Waals surface area contributed by atoms with Crippen molar-refractivity contribution in [3.8, 4) is 5.75 Å². The summed E-state index contributed by atoms with van der Waals surface area (Å²) in [7, 11) is 1.29. The van der Waals surface area contributed by atoms with Crippen molar-refractivity contribution < 1.29 is 23.9 Å². The Hall–Kier alpha value is -2.39. The minimum atomic E-state index is -0.581. The summed E-state index contributed by atoms with van der Waals surface area (Å²) in [6, 6.07) is 7.92. The van der Waals surface area contributed by atoms with Crippen LogP contribution in [-0.4, -0.2) is 38.2 Å². The molecule has 0 fully saturated rings. The number of hydrogen-bond donors (Lipinski definition) is 2. The van der Waals surface area contributed by atoms with E-state index in [4.69, 9.17) is 4.74 Å². The number of rotatable bonds is 7. The number of nitrogens with one attached hydrogen (secondary N) is 2. The second-order valence-electron chi connectivity index (χ2n) is 5.06. The molecule has 0 aliphatic heterocycles. The number of carbonyl (C=O) groups excluding carboxylic acids is 3. The number of imide groups is 1. The Labute approximate surface area is 162 Å². The molecule has 7 nitrogen and oxygen atoms in total. The fraction of sp³-hybridized carbons (Fsp3) is 0.235. The molecule has 0 aliphatic carbocycles. The predicted molar refractivity (Wildman–Crippen MR) is 101 cm³/mol. The lowest BCUT2D eigenvalue weighted by atomic mass is 10.2. The van der Waals surface area contributed by atoms with E-state index in [1.54, 1.807) is 11.3 Å². The van der Waals surface area contributed by atoms with Gasteiger partial charge in [-0.15, -0.1) is 11.3 Å². The van der Waals surface area contributed by atoms with Gasteiger partial charge in [-0.1, -0.05) is 6.07 Å². The van der Waals surface area contributed by atoms with Crippen molar-refractivity contribution in [2.45, 2.75) is 6.42 Å². The van der Waals surface area contributed by atoms with E-state index in [-0.39, 0.29) is 6.61 Å². The number of thiophene rings is 1. The average Bonchev–Trinajstić information content (AvgIpc) is 3.13. The summed E-state index contributed by atoms with van der Waals surface area (Å²) in [5.74, 6) is -0.692. The van der Waals surface area contributed by atoms with Crippen molar-refractivity contribution in [3.05, 3.63) is 50.6 Å². The van der Waals surface area contributed by atoms with Crippen molar-refractivity contribution in [3.63, 3.8) is 0 Å². The maximum Gasteiger partial charge on any atom is 0.337 e. The second kappa shape index (κ2) is 9.93. The lowest BCUT2D eigenvalue weighted by molar-refractivity contribution is -0.122. The molecule has 2 aromatic rings. The summed E-state index contributed by atoms with van der Waals surface area (Å²) >= 11 is 4.86. The molecule has 1 aromatic heterocycles. The summed E-state index contributed by atoms with van der Waals surface area (Å²) < 4.78 is 10.5. The van der Waals surface area contributed by atoms with Gasteiger partial charge >= 0.3 is 12.0 Å². The topological polar surface area (TPSA) is 93.7 Å². The highest BCUT2D eigenvalue weighted by Crippen LogP contribution is 2.26. The van der Waals surface area contributed by atoms with E-state index >= 15 is 0 Å². The molecule has 3 amide bonds. The molecule has 0 unspecified atom stereocenters. The van der Waals surface area contributed by atoms with Crippen LogP contribution in [0.25, 0.3) is 0 Å². The number of esters is 1. The van der Waals surface area contributed by atoms with Crippen LogP contribution in [0.5, 0.6) is 5.75 Å². The van der Waals surface area contributed by atoms with Gasteiger partial charge in [0.05, 0.1) is 17.1 Å². The SMILES string of the molecule is COC(=O)c1ccc(OCC(=O)NC(=O)NCCc2cccs2)c(Br)c1. The van der Waals surface area contributed by atoms with E-state index in [9.17, 15) is 14.4 Å². The van der Waals surface area contributed by atoms with E-state index in [1.807, 2.05) is 17.5 Å². The van der Waals surface area contributed by atoms with Crippen LogP contribution in [0.4, 0.5) is 4.79 Å². The van der Waals surface area contributed by atoms with Gasteiger partial charge in [-0.3, -0.25) is 10.1 Å². The zero-order valence-corrected chi connectivity index (χ0v) is 16.3. The Kier molecular flexibility index (Phi) is 7.61. The number of benzene rings is 1. The van der Waals surface area contributed by atoms with Gasteiger partial charge in [-0.25, -0.2) is 9.59 Å². The fourth-order valence-electron chi connectivity index (χ4n) is 1.97. The smallest absolute Gasteiger partial charge is 0.337 e. The molecule has 0 atom stereocenters. The van der Waals surface area contributed by atoms with Gasteiger partial charge in [0.2, 0.25) is 0 Å².